The summed E-state index contributed by atoms with van der Waals surface area (Å²) < 4.78 is 6.66. The van der Waals surface area contributed by atoms with Gasteiger partial charge in [0.1, 0.15) is 25.0 Å². The van der Waals surface area contributed by atoms with Crippen LogP contribution >= 0.6 is 0 Å². The standard InChI is InChI=1S/C25H36NO3.HI/c1-19(2)26(5,20(3)4)17-22(27)18-29-25-14-10-9-13-23(25)24(28)16-15-21-11-7-6-8-12-21;/h6-14,19-20,22,27H,15-18H2,1-5H3;1H/q+1;/p-1. The molecule has 166 valence electrons. The predicted molar refractivity (Wildman–Crippen MR) is 118 cm³/mol. The Balaban J connectivity index is 0.00000450. The molecule has 0 spiro atoms. The van der Waals surface area contributed by atoms with Crippen molar-refractivity contribution in [1.82, 2.24) is 0 Å². The lowest BCUT2D eigenvalue weighted by molar-refractivity contribution is -0.951. The number of hydrogen-bond donors (Lipinski definition) is 1. The average molecular weight is 525 g/mol. The van der Waals surface area contributed by atoms with Gasteiger partial charge in [-0.05, 0) is 51.8 Å². The number of Topliss-reactive ketones (excluding diaryl/α,β-unsaturated/α-hetero) is 1. The minimum Gasteiger partial charge on any atom is -1.00 e. The zero-order valence-electron chi connectivity index (χ0n) is 18.8. The maximum atomic E-state index is 12.7. The second kappa shape index (κ2) is 12.4. The maximum Gasteiger partial charge on any atom is 0.166 e. The van der Waals surface area contributed by atoms with Gasteiger partial charge in [-0.25, -0.2) is 0 Å². The number of quaternary nitrogens is 1. The third-order valence-electron chi connectivity index (χ3n) is 6.07. The Morgan fingerprint density at radius 3 is 2.13 bits per heavy atom. The third-order valence-corrected chi connectivity index (χ3v) is 6.07. The minimum atomic E-state index is -0.600. The number of ether oxygens (including phenoxy) is 1. The van der Waals surface area contributed by atoms with Crippen LogP contribution in [0.4, 0.5) is 0 Å². The molecule has 1 atom stereocenters. The van der Waals surface area contributed by atoms with Gasteiger partial charge in [-0.2, -0.15) is 0 Å². The van der Waals surface area contributed by atoms with Gasteiger partial charge in [0.2, 0.25) is 0 Å². The molecule has 1 N–H and O–H groups in total. The Hall–Kier alpha value is -1.44. The van der Waals surface area contributed by atoms with Crippen molar-refractivity contribution >= 4 is 5.78 Å². The molecule has 2 rings (SSSR count). The number of carbonyl (C=O) groups is 1. The van der Waals surface area contributed by atoms with Crippen LogP contribution in [0.25, 0.3) is 0 Å². The van der Waals surface area contributed by atoms with Gasteiger partial charge in [0.15, 0.2) is 5.78 Å². The van der Waals surface area contributed by atoms with Gasteiger partial charge in [0.05, 0.1) is 24.7 Å². The van der Waals surface area contributed by atoms with Crippen molar-refractivity contribution in [2.45, 2.75) is 58.7 Å². The molecule has 0 radical (unpaired) electrons. The summed E-state index contributed by atoms with van der Waals surface area (Å²) in [6, 6.07) is 18.1. The lowest BCUT2D eigenvalue weighted by atomic mass is 10.0. The van der Waals surface area contributed by atoms with Crippen LogP contribution in [0.3, 0.4) is 0 Å². The molecule has 0 bridgehead atoms. The van der Waals surface area contributed by atoms with Crippen molar-refractivity contribution in [2.75, 3.05) is 20.2 Å². The second-order valence-electron chi connectivity index (χ2n) is 8.59. The van der Waals surface area contributed by atoms with Crippen LogP contribution in [0.5, 0.6) is 5.75 Å². The third kappa shape index (κ3) is 7.36. The molecule has 30 heavy (non-hydrogen) atoms. The van der Waals surface area contributed by atoms with Gasteiger partial charge in [-0.15, -0.1) is 0 Å². The highest BCUT2D eigenvalue weighted by molar-refractivity contribution is 5.98. The van der Waals surface area contributed by atoms with E-state index in [4.69, 9.17) is 4.74 Å². The lowest BCUT2D eigenvalue weighted by Crippen LogP contribution is -3.00. The van der Waals surface area contributed by atoms with E-state index in [9.17, 15) is 9.90 Å². The fourth-order valence-corrected chi connectivity index (χ4v) is 3.57. The van der Waals surface area contributed by atoms with E-state index in [-0.39, 0.29) is 36.4 Å². The summed E-state index contributed by atoms with van der Waals surface area (Å²) in [4.78, 5) is 12.7. The summed E-state index contributed by atoms with van der Waals surface area (Å²) in [5.74, 6) is 0.608. The van der Waals surface area contributed by atoms with Crippen molar-refractivity contribution in [1.29, 1.82) is 0 Å². The van der Waals surface area contributed by atoms with Crippen LogP contribution in [0.1, 0.15) is 50.0 Å². The molecule has 1 unspecified atom stereocenters. The number of benzene rings is 2. The van der Waals surface area contributed by atoms with E-state index in [2.05, 4.69) is 34.7 Å². The number of rotatable bonds is 11. The zero-order chi connectivity index (χ0) is 21.4. The minimum absolute atomic E-state index is 0. The van der Waals surface area contributed by atoms with E-state index in [1.54, 1.807) is 12.1 Å². The molecular weight excluding hydrogens is 489 g/mol. The number of nitrogens with zero attached hydrogens (tertiary/aromatic N) is 1. The molecule has 0 aliphatic rings. The summed E-state index contributed by atoms with van der Waals surface area (Å²) in [5, 5.41) is 10.6. The largest absolute Gasteiger partial charge is 1.00 e. The monoisotopic (exact) mass is 525 g/mol. The van der Waals surface area contributed by atoms with Crippen molar-refractivity contribution in [2.24, 2.45) is 0 Å². The van der Waals surface area contributed by atoms with Crippen LogP contribution < -0.4 is 28.7 Å². The van der Waals surface area contributed by atoms with Gasteiger partial charge in [-0.3, -0.25) is 4.79 Å². The fourth-order valence-electron chi connectivity index (χ4n) is 3.57. The number of ketones is 1. The quantitative estimate of drug-likeness (QED) is 0.275. The molecule has 0 saturated heterocycles. The predicted octanol–water partition coefficient (Wildman–Crippen LogP) is 1.51. The first kappa shape index (κ1) is 26.6. The molecule has 0 amide bonds. The molecule has 4 nitrogen and oxygen atoms in total. The number of halogens is 1. The molecule has 0 aromatic heterocycles. The van der Waals surface area contributed by atoms with Gasteiger partial charge in [0.25, 0.3) is 0 Å². The zero-order valence-corrected chi connectivity index (χ0v) is 21.0. The fraction of sp³-hybridized carbons (Fsp3) is 0.480. The van der Waals surface area contributed by atoms with Gasteiger partial charge >= 0.3 is 0 Å². The van der Waals surface area contributed by atoms with E-state index < -0.39 is 6.10 Å². The molecule has 2 aromatic carbocycles. The molecular formula is C25H36INO3. The van der Waals surface area contributed by atoms with E-state index in [1.807, 2.05) is 42.5 Å². The van der Waals surface area contributed by atoms with Crippen LogP contribution in [0.2, 0.25) is 0 Å². The summed E-state index contributed by atoms with van der Waals surface area (Å²) in [7, 11) is 2.17. The highest BCUT2D eigenvalue weighted by Gasteiger charge is 2.32. The van der Waals surface area contributed by atoms with Gasteiger partial charge in [-0.1, -0.05) is 42.5 Å². The van der Waals surface area contributed by atoms with Crippen LogP contribution in [-0.2, 0) is 6.42 Å². The highest BCUT2D eigenvalue weighted by atomic mass is 127. The van der Waals surface area contributed by atoms with Crippen molar-refractivity contribution in [3.8, 4) is 5.75 Å². The van der Waals surface area contributed by atoms with Crippen LogP contribution in [0.15, 0.2) is 54.6 Å². The van der Waals surface area contributed by atoms with E-state index in [0.29, 0.717) is 42.8 Å². The number of carbonyl (C=O) groups excluding carboxylic acids is 1. The normalized spacial score (nSPS) is 12.5. The first-order chi connectivity index (χ1) is 13.7. The first-order valence-corrected chi connectivity index (χ1v) is 10.6. The summed E-state index contributed by atoms with van der Waals surface area (Å²) in [6.07, 6.45) is 0.537. The van der Waals surface area contributed by atoms with Crippen molar-refractivity contribution in [3.63, 3.8) is 0 Å². The van der Waals surface area contributed by atoms with E-state index >= 15 is 0 Å². The summed E-state index contributed by atoms with van der Waals surface area (Å²) >= 11 is 0. The average Bonchev–Trinajstić information content (AvgIpc) is 2.71. The summed E-state index contributed by atoms with van der Waals surface area (Å²) in [5.41, 5.74) is 1.73. The Morgan fingerprint density at radius 1 is 0.967 bits per heavy atom. The molecule has 0 aliphatic carbocycles. The molecule has 0 aliphatic heterocycles. The van der Waals surface area contributed by atoms with E-state index in [1.165, 1.54) is 0 Å². The molecule has 0 fully saturated rings. The second-order valence-corrected chi connectivity index (χ2v) is 8.59. The number of likely N-dealkylation sites (N-methyl/N-ethyl adjacent to an activating group) is 1. The first-order valence-electron chi connectivity index (χ1n) is 10.6. The Bertz CT molecular complexity index is 769. The number of hydrogen-bond acceptors (Lipinski definition) is 3. The number of aryl methyl sites for hydroxylation is 1. The highest BCUT2D eigenvalue weighted by Crippen LogP contribution is 2.22. The number of aliphatic hydroxyl groups is 1. The molecule has 0 heterocycles. The van der Waals surface area contributed by atoms with Gasteiger partial charge in [0, 0.05) is 6.42 Å². The number of para-hydroxylation sites is 1. The number of aliphatic hydroxyl groups excluding tert-OH is 1. The van der Waals surface area contributed by atoms with Gasteiger partial charge < -0.3 is 38.3 Å². The summed E-state index contributed by atoms with van der Waals surface area (Å²) in [6.45, 7) is 9.49. The Morgan fingerprint density at radius 2 is 1.53 bits per heavy atom. The maximum absolute atomic E-state index is 12.7. The lowest BCUT2D eigenvalue weighted by Gasteiger charge is -2.43. The topological polar surface area (TPSA) is 46.5 Å². The molecule has 2 aromatic rings. The van der Waals surface area contributed by atoms with E-state index in [0.717, 1.165) is 10.0 Å². The molecule has 0 saturated carbocycles. The van der Waals surface area contributed by atoms with Crippen molar-refractivity contribution in [3.05, 3.63) is 65.7 Å². The SMILES string of the molecule is CC(C)[N+](C)(CC(O)COc1ccccc1C(=O)CCc1ccccc1)C(C)C.[I-]. The Kier molecular flexibility index (Phi) is 11.0. The smallest absolute Gasteiger partial charge is 0.166 e. The van der Waals surface area contributed by atoms with Crippen molar-refractivity contribution < 1.29 is 43.1 Å². The molecule has 5 heteroatoms. The Labute approximate surface area is 198 Å². The van der Waals surface area contributed by atoms with Crippen LogP contribution in [-0.4, -0.2) is 53.8 Å². The van der Waals surface area contributed by atoms with Crippen LogP contribution in [0, 0.1) is 0 Å².